The number of aliphatic carboxylic acids is 1. The lowest BCUT2D eigenvalue weighted by molar-refractivity contribution is -0.134. The SMILES string of the molecule is CS(=O)(=O)c1ccc(-c2nnc(S(=O)(=O)CC(=O)O)o2)cc1. The fourth-order valence-electron chi connectivity index (χ4n) is 1.52. The van der Waals surface area contributed by atoms with Crippen LogP contribution >= 0.6 is 0 Å². The van der Waals surface area contributed by atoms with Crippen molar-refractivity contribution < 1.29 is 31.2 Å². The molecule has 0 aliphatic carbocycles. The van der Waals surface area contributed by atoms with Crippen molar-refractivity contribution in [3.8, 4) is 11.5 Å². The van der Waals surface area contributed by atoms with Crippen LogP contribution in [0.4, 0.5) is 0 Å². The van der Waals surface area contributed by atoms with Crippen molar-refractivity contribution >= 4 is 25.6 Å². The van der Waals surface area contributed by atoms with Gasteiger partial charge in [0.2, 0.25) is 15.7 Å². The minimum atomic E-state index is -4.21. The summed E-state index contributed by atoms with van der Waals surface area (Å²) in [6.07, 6.45) is 1.05. The van der Waals surface area contributed by atoms with Crippen LogP contribution in [0.2, 0.25) is 0 Å². The number of rotatable bonds is 5. The molecule has 118 valence electrons. The van der Waals surface area contributed by atoms with Crippen molar-refractivity contribution in [2.75, 3.05) is 12.0 Å². The Morgan fingerprint density at radius 1 is 1.14 bits per heavy atom. The van der Waals surface area contributed by atoms with Gasteiger partial charge < -0.3 is 9.52 Å². The van der Waals surface area contributed by atoms with Gasteiger partial charge in [-0.05, 0) is 24.3 Å². The fourth-order valence-corrected chi connectivity index (χ4v) is 2.97. The van der Waals surface area contributed by atoms with E-state index in [2.05, 4.69) is 10.2 Å². The summed E-state index contributed by atoms with van der Waals surface area (Å²) in [7, 11) is -7.57. The molecule has 0 spiro atoms. The van der Waals surface area contributed by atoms with Gasteiger partial charge in [0.15, 0.2) is 15.6 Å². The van der Waals surface area contributed by atoms with Crippen LogP contribution in [0.5, 0.6) is 0 Å². The zero-order valence-corrected chi connectivity index (χ0v) is 12.8. The number of carboxylic acids is 1. The van der Waals surface area contributed by atoms with Crippen molar-refractivity contribution in [2.45, 2.75) is 10.1 Å². The molecular formula is C11H10N2O7S2. The lowest BCUT2D eigenvalue weighted by Crippen LogP contribution is -2.15. The van der Waals surface area contributed by atoms with Gasteiger partial charge in [-0.25, -0.2) is 16.8 Å². The van der Waals surface area contributed by atoms with Crippen LogP contribution in [0.3, 0.4) is 0 Å². The Bertz CT molecular complexity index is 912. The van der Waals surface area contributed by atoms with Crippen LogP contribution in [0.1, 0.15) is 0 Å². The van der Waals surface area contributed by atoms with Gasteiger partial charge in [-0.1, -0.05) is 5.10 Å². The van der Waals surface area contributed by atoms with Crippen LogP contribution < -0.4 is 0 Å². The normalized spacial score (nSPS) is 12.2. The molecule has 0 saturated carbocycles. The molecule has 0 aliphatic rings. The summed E-state index contributed by atoms with van der Waals surface area (Å²) >= 11 is 0. The van der Waals surface area contributed by atoms with E-state index in [-0.39, 0.29) is 10.8 Å². The summed E-state index contributed by atoms with van der Waals surface area (Å²) in [5, 5.41) is 14.5. The third kappa shape index (κ3) is 3.49. The van der Waals surface area contributed by atoms with Gasteiger partial charge in [0, 0.05) is 11.8 Å². The highest BCUT2D eigenvalue weighted by Gasteiger charge is 2.26. The fraction of sp³-hybridized carbons (Fsp3) is 0.182. The molecular weight excluding hydrogens is 336 g/mol. The summed E-state index contributed by atoms with van der Waals surface area (Å²) in [6.45, 7) is 0. The maximum atomic E-state index is 11.6. The predicted octanol–water partition coefficient (Wildman–Crippen LogP) is -0.00160. The molecule has 1 aromatic carbocycles. The number of benzene rings is 1. The number of carboxylic acid groups (broad SMARTS) is 1. The molecule has 0 fully saturated rings. The summed E-state index contributed by atoms with van der Waals surface area (Å²) in [4.78, 5) is 10.5. The first-order valence-corrected chi connectivity index (χ1v) is 9.22. The van der Waals surface area contributed by atoms with Crippen LogP contribution in [0.15, 0.2) is 38.8 Å². The van der Waals surface area contributed by atoms with Gasteiger partial charge in [-0.2, -0.15) is 0 Å². The molecule has 0 unspecified atom stereocenters. The number of hydrogen-bond donors (Lipinski definition) is 1. The van der Waals surface area contributed by atoms with Gasteiger partial charge in [-0.3, -0.25) is 4.79 Å². The molecule has 11 heteroatoms. The Morgan fingerprint density at radius 2 is 1.73 bits per heavy atom. The lowest BCUT2D eigenvalue weighted by atomic mass is 10.2. The second kappa shape index (κ2) is 5.50. The van der Waals surface area contributed by atoms with E-state index in [4.69, 9.17) is 9.52 Å². The van der Waals surface area contributed by atoms with E-state index in [1.54, 1.807) is 0 Å². The molecule has 0 atom stereocenters. The van der Waals surface area contributed by atoms with E-state index in [0.29, 0.717) is 5.56 Å². The van der Waals surface area contributed by atoms with Crippen LogP contribution in [-0.4, -0.2) is 50.1 Å². The summed E-state index contributed by atoms with van der Waals surface area (Å²) in [6, 6.07) is 5.36. The molecule has 2 aromatic rings. The number of aromatic nitrogens is 2. The molecule has 0 bridgehead atoms. The second-order valence-electron chi connectivity index (χ2n) is 4.32. The van der Waals surface area contributed by atoms with Crippen molar-refractivity contribution in [1.29, 1.82) is 0 Å². The van der Waals surface area contributed by atoms with Gasteiger partial charge >= 0.3 is 11.2 Å². The first-order valence-electron chi connectivity index (χ1n) is 5.68. The largest absolute Gasteiger partial charge is 0.480 e. The van der Waals surface area contributed by atoms with Crippen molar-refractivity contribution in [2.24, 2.45) is 0 Å². The number of carbonyl (C=O) groups is 1. The maximum absolute atomic E-state index is 11.6. The van der Waals surface area contributed by atoms with Gasteiger partial charge in [0.1, 0.15) is 0 Å². The Morgan fingerprint density at radius 3 is 2.23 bits per heavy atom. The monoisotopic (exact) mass is 346 g/mol. The average Bonchev–Trinajstić information content (AvgIpc) is 2.86. The third-order valence-electron chi connectivity index (χ3n) is 2.52. The molecule has 0 saturated heterocycles. The molecule has 0 aliphatic heterocycles. The molecule has 1 aromatic heterocycles. The van der Waals surface area contributed by atoms with Gasteiger partial charge in [-0.15, -0.1) is 5.10 Å². The predicted molar refractivity (Wildman–Crippen MR) is 72.5 cm³/mol. The van der Waals surface area contributed by atoms with E-state index in [0.717, 1.165) is 6.26 Å². The van der Waals surface area contributed by atoms with Crippen molar-refractivity contribution in [1.82, 2.24) is 10.2 Å². The molecule has 0 radical (unpaired) electrons. The number of hydrogen-bond acceptors (Lipinski definition) is 8. The maximum Gasteiger partial charge on any atom is 0.336 e. The molecule has 9 nitrogen and oxygen atoms in total. The summed E-state index contributed by atoms with van der Waals surface area (Å²) in [5.74, 6) is -2.87. The second-order valence-corrected chi connectivity index (χ2v) is 8.21. The number of nitrogens with zero attached hydrogens (tertiary/aromatic N) is 2. The van der Waals surface area contributed by atoms with Crippen LogP contribution in [-0.2, 0) is 24.5 Å². The third-order valence-corrected chi connectivity index (χ3v) is 4.97. The highest BCUT2D eigenvalue weighted by atomic mass is 32.2. The molecule has 0 amide bonds. The van der Waals surface area contributed by atoms with Gasteiger partial charge in [0.25, 0.3) is 0 Å². The highest BCUT2D eigenvalue weighted by Crippen LogP contribution is 2.22. The average molecular weight is 346 g/mol. The minimum absolute atomic E-state index is 0.0782. The summed E-state index contributed by atoms with van der Waals surface area (Å²) in [5.41, 5.74) is 0.302. The summed E-state index contributed by atoms with van der Waals surface area (Å²) < 4.78 is 50.8. The van der Waals surface area contributed by atoms with Crippen LogP contribution in [0.25, 0.3) is 11.5 Å². The van der Waals surface area contributed by atoms with E-state index in [1.807, 2.05) is 0 Å². The molecule has 1 N–H and O–H groups in total. The van der Waals surface area contributed by atoms with Crippen molar-refractivity contribution in [3.05, 3.63) is 24.3 Å². The Hall–Kier alpha value is -2.27. The first-order chi connectivity index (χ1) is 10.1. The van der Waals surface area contributed by atoms with Crippen molar-refractivity contribution in [3.63, 3.8) is 0 Å². The van der Waals surface area contributed by atoms with E-state index in [9.17, 15) is 21.6 Å². The zero-order chi connectivity index (χ0) is 16.5. The first kappa shape index (κ1) is 16.1. The highest BCUT2D eigenvalue weighted by molar-refractivity contribution is 7.91. The van der Waals surface area contributed by atoms with Gasteiger partial charge in [0.05, 0.1) is 4.90 Å². The minimum Gasteiger partial charge on any atom is -0.480 e. The Balaban J connectivity index is 2.35. The quantitative estimate of drug-likeness (QED) is 0.790. The smallest absolute Gasteiger partial charge is 0.336 e. The Kier molecular flexibility index (Phi) is 4.02. The zero-order valence-electron chi connectivity index (χ0n) is 11.1. The van der Waals surface area contributed by atoms with E-state index in [1.165, 1.54) is 24.3 Å². The lowest BCUT2D eigenvalue weighted by Gasteiger charge is -1.99. The molecule has 2 rings (SSSR count). The van der Waals surface area contributed by atoms with E-state index >= 15 is 0 Å². The Labute approximate surface area is 125 Å². The number of sulfone groups is 2. The van der Waals surface area contributed by atoms with Crippen LogP contribution in [0, 0.1) is 0 Å². The molecule has 1 heterocycles. The standard InChI is InChI=1S/C11H10N2O7S2/c1-21(16,17)8-4-2-7(3-5-8)10-12-13-11(20-10)22(18,19)6-9(14)15/h2-5H,6H2,1H3,(H,14,15). The topological polar surface area (TPSA) is 144 Å². The van der Waals surface area contributed by atoms with E-state index < -0.39 is 36.6 Å². The molecule has 22 heavy (non-hydrogen) atoms.